The van der Waals surface area contributed by atoms with E-state index in [0.29, 0.717) is 6.61 Å². The van der Waals surface area contributed by atoms with Gasteiger partial charge in [0.2, 0.25) is 0 Å². The molecule has 1 heterocycles. The van der Waals surface area contributed by atoms with Gasteiger partial charge in [-0.3, -0.25) is 4.79 Å². The van der Waals surface area contributed by atoms with Crippen LogP contribution >= 0.6 is 0 Å². The number of hydrogen-bond donors (Lipinski definition) is 1. The maximum absolute atomic E-state index is 11.1. The van der Waals surface area contributed by atoms with E-state index in [1.807, 2.05) is 6.92 Å². The Hall–Kier alpha value is 0.209. The second-order valence-electron chi connectivity index (χ2n) is 5.68. The number of carbonyl (C=O) groups is 1. The Labute approximate surface area is 152 Å². The highest BCUT2D eigenvalue weighted by atomic mass is 16.5. The quantitative estimate of drug-likeness (QED) is 0.399. The molecule has 1 N–H and O–H groups in total. The molecule has 0 aromatic heterocycles. The van der Waals surface area contributed by atoms with Crippen molar-refractivity contribution in [2.45, 2.75) is 19.8 Å². The summed E-state index contributed by atoms with van der Waals surface area (Å²) in [5.41, 5.74) is 0. The van der Waals surface area contributed by atoms with Crippen molar-refractivity contribution < 1.29 is 9.53 Å². The maximum Gasteiger partial charge on any atom is 0.310 e. The van der Waals surface area contributed by atoms with E-state index in [2.05, 4.69) is 5.32 Å². The van der Waals surface area contributed by atoms with E-state index < -0.39 is 31.9 Å². The Morgan fingerprint density at radius 2 is 1.65 bits per heavy atom. The molecule has 0 spiro atoms. The Morgan fingerprint density at radius 3 is 1.96 bits per heavy atom. The normalized spacial score (nSPS) is 16.3. The molecule has 1 atom stereocenters. The summed E-state index contributed by atoms with van der Waals surface area (Å²) in [6.07, 6.45) is -1.16. The minimum Gasteiger partial charge on any atom is -0.466 e. The molecule has 1 rings (SSSR count). The molecule has 0 aromatic rings. The van der Waals surface area contributed by atoms with Crippen LogP contribution in [0.1, 0.15) is 19.8 Å². The van der Waals surface area contributed by atoms with Gasteiger partial charge in [-0.1, -0.05) is 0 Å². The van der Waals surface area contributed by atoms with E-state index in [0.717, 1.165) is 25.9 Å². The summed E-state index contributed by atoms with van der Waals surface area (Å²) in [5, 5.41) is 3.17. The van der Waals surface area contributed by atoms with Crippen LogP contribution in [0.15, 0.2) is 0 Å². The zero-order valence-electron chi connectivity index (χ0n) is 13.9. The first-order chi connectivity index (χ1) is 10.7. The highest BCUT2D eigenvalue weighted by molar-refractivity contribution is 8.05. The first kappa shape index (κ1) is 23.2. The van der Waals surface area contributed by atoms with Crippen LogP contribution in [0.3, 0.4) is 0 Å². The molecule has 100 valence electrons. The fraction of sp³-hybridized carbons (Fsp3) is 0.875. The van der Waals surface area contributed by atoms with E-state index in [1.54, 1.807) is 0 Å². The third kappa shape index (κ3) is 9.31. The summed E-state index contributed by atoms with van der Waals surface area (Å²) < 4.78 is 4.90. The molecule has 0 aliphatic carbocycles. The molecule has 1 saturated heterocycles. The lowest BCUT2D eigenvalue weighted by Crippen LogP contribution is -2.67. The van der Waals surface area contributed by atoms with Gasteiger partial charge in [0.25, 0.3) is 0 Å². The van der Waals surface area contributed by atoms with Crippen LogP contribution in [0.4, 0.5) is 0 Å². The molecule has 1 unspecified atom stereocenters. The van der Waals surface area contributed by atoms with Crippen molar-refractivity contribution in [1.82, 2.24) is 5.32 Å². The van der Waals surface area contributed by atoms with Gasteiger partial charge in [-0.2, -0.15) is 0 Å². The zero-order valence-corrected chi connectivity index (χ0v) is 13.9. The summed E-state index contributed by atoms with van der Waals surface area (Å²) in [4.78, 5) is 11.1. The number of rotatable bonds is 6. The van der Waals surface area contributed by atoms with Crippen LogP contribution < -0.4 is 5.32 Å². The highest BCUT2D eigenvalue weighted by Gasteiger charge is 2.30. The van der Waals surface area contributed by atoms with Gasteiger partial charge in [-0.15, -0.1) is 0 Å². The Kier molecular flexibility index (Phi) is 12.7. The van der Waals surface area contributed by atoms with Gasteiger partial charge in [0.1, 0.15) is 0 Å². The average molecular weight is 287 g/mol. The first-order valence-electron chi connectivity index (χ1n) is 7.88. The fourth-order valence-electron chi connectivity index (χ4n) is 2.34. The van der Waals surface area contributed by atoms with E-state index in [9.17, 15) is 4.79 Å². The highest BCUT2D eigenvalue weighted by Crippen LogP contribution is 2.11. The number of esters is 1. The summed E-state index contributed by atoms with van der Waals surface area (Å²) >= 11 is 0. The van der Waals surface area contributed by atoms with Gasteiger partial charge in [-0.25, -0.2) is 0 Å². The zero-order chi connectivity index (χ0) is 18.0. The molecule has 0 amide bonds. The van der Waals surface area contributed by atoms with Crippen LogP contribution in [0.25, 0.3) is 0 Å². The summed E-state index contributed by atoms with van der Waals surface area (Å²) in [7, 11) is 37.9. The summed E-state index contributed by atoms with van der Waals surface area (Å²) in [6, 6.07) is 0. The molecule has 14 radical (unpaired) electrons. The third-order valence-electron chi connectivity index (χ3n) is 3.69. The van der Waals surface area contributed by atoms with Gasteiger partial charge in [-0.05, 0) is 26.3 Å². The minimum atomic E-state index is -0.723. The predicted molar refractivity (Wildman–Crippen MR) is 111 cm³/mol. The van der Waals surface area contributed by atoms with Crippen molar-refractivity contribution in [2.75, 3.05) is 19.7 Å². The number of piperidine rings is 1. The van der Waals surface area contributed by atoms with Crippen LogP contribution in [0.2, 0.25) is 0 Å². The predicted octanol–water partition coefficient (Wildman–Crippen LogP) is -4.02. The van der Waals surface area contributed by atoms with Crippen molar-refractivity contribution in [1.29, 1.82) is 0 Å². The molecular formula is C8H15B12NO2. The second kappa shape index (κ2) is 12.6. The Morgan fingerprint density at radius 1 is 1.09 bits per heavy atom. The van der Waals surface area contributed by atoms with Gasteiger partial charge in [0.05, 0.1) is 12.5 Å². The van der Waals surface area contributed by atoms with Crippen molar-refractivity contribution >= 4 is 92.1 Å². The monoisotopic (exact) mass is 289 g/mol. The smallest absolute Gasteiger partial charge is 0.310 e. The van der Waals surface area contributed by atoms with Crippen molar-refractivity contribution in [2.24, 2.45) is 5.92 Å². The van der Waals surface area contributed by atoms with Gasteiger partial charge >= 0.3 is 5.97 Å². The lowest BCUT2D eigenvalue weighted by atomic mass is 8.53. The summed E-state index contributed by atoms with van der Waals surface area (Å²) in [6.45, 7) is 4.16. The molecule has 3 nitrogen and oxygen atoms in total. The van der Waals surface area contributed by atoms with Crippen LogP contribution in [0.5, 0.6) is 0 Å². The van der Waals surface area contributed by atoms with Gasteiger partial charge < -0.3 is 10.1 Å². The molecule has 15 heteroatoms. The van der Waals surface area contributed by atoms with Crippen LogP contribution in [-0.4, -0.2) is 112 Å². The first-order valence-corrected chi connectivity index (χ1v) is 7.88. The SMILES string of the molecule is CCOC(=O)C1CCCNC1.[B]B([B])B([B])B(B([B])[B])B([B])[B]. The molecule has 0 saturated carbocycles. The summed E-state index contributed by atoms with van der Waals surface area (Å²) in [5.74, 6) is 0.0587. The third-order valence-corrected chi connectivity index (χ3v) is 3.69. The molecule has 0 bridgehead atoms. The minimum absolute atomic E-state index is 0.0419. The number of carbonyl (C=O) groups excluding carboxylic acids is 1. The molecule has 1 aliphatic rings. The van der Waals surface area contributed by atoms with E-state index in [-0.39, 0.29) is 11.9 Å². The largest absolute Gasteiger partial charge is 0.466 e. The maximum atomic E-state index is 11.1. The standard InChI is InChI=1S/C8H15NO2.B12/c1-2-11-8(10)7-4-3-5-9-6-7;1-8(2)11(7)12(9(3)4)10(5)6/h7,9H,2-6H2,1H3;. The van der Waals surface area contributed by atoms with Crippen molar-refractivity contribution in [3.63, 3.8) is 0 Å². The van der Waals surface area contributed by atoms with Crippen molar-refractivity contribution in [3.05, 3.63) is 0 Å². The van der Waals surface area contributed by atoms with E-state index in [1.165, 1.54) is 0 Å². The Bertz CT molecular complexity index is 318. The molecule has 1 aliphatic heterocycles. The molecule has 1 fully saturated rings. The Balaban J connectivity index is 0.000000422. The average Bonchev–Trinajstić information content (AvgIpc) is 2.48. The van der Waals surface area contributed by atoms with Gasteiger partial charge in [0.15, 0.2) is 0 Å². The van der Waals surface area contributed by atoms with E-state index in [4.69, 9.17) is 58.9 Å². The van der Waals surface area contributed by atoms with Crippen LogP contribution in [-0.2, 0) is 9.53 Å². The molecule has 0 aromatic carbocycles. The number of hydrogen-bond acceptors (Lipinski definition) is 3. The molecule has 23 heavy (non-hydrogen) atoms. The second-order valence-corrected chi connectivity index (χ2v) is 5.68. The van der Waals surface area contributed by atoms with Gasteiger partial charge in [0, 0.05) is 92.6 Å². The number of ether oxygens (including phenoxy) is 1. The topological polar surface area (TPSA) is 38.3 Å². The van der Waals surface area contributed by atoms with E-state index >= 15 is 0 Å². The van der Waals surface area contributed by atoms with Crippen molar-refractivity contribution in [3.8, 4) is 0 Å². The lowest BCUT2D eigenvalue weighted by molar-refractivity contribution is -0.148. The number of nitrogens with one attached hydrogen (secondary N) is 1. The fourth-order valence-corrected chi connectivity index (χ4v) is 2.34. The lowest BCUT2D eigenvalue weighted by Gasteiger charge is -2.29. The van der Waals surface area contributed by atoms with Crippen LogP contribution in [0, 0.1) is 5.92 Å². The molecular weight excluding hydrogens is 272 g/mol.